The van der Waals surface area contributed by atoms with Gasteiger partial charge in [0.1, 0.15) is 5.56 Å². The van der Waals surface area contributed by atoms with Crippen molar-refractivity contribution in [3.05, 3.63) is 77.5 Å². The fourth-order valence-corrected chi connectivity index (χ4v) is 5.65. The molecule has 0 atom stereocenters. The Morgan fingerprint density at radius 1 is 1.09 bits per heavy atom. The van der Waals surface area contributed by atoms with Crippen molar-refractivity contribution in [1.82, 2.24) is 14.5 Å². The second-order valence-electron chi connectivity index (χ2n) is 11.5. The molecular weight excluding hydrogens is 580 g/mol. The summed E-state index contributed by atoms with van der Waals surface area (Å²) in [6.45, 7) is 5.50. The van der Waals surface area contributed by atoms with Crippen molar-refractivity contribution < 1.29 is 37.0 Å². The van der Waals surface area contributed by atoms with Crippen molar-refractivity contribution in [2.24, 2.45) is 11.8 Å². The van der Waals surface area contributed by atoms with E-state index in [-0.39, 0.29) is 29.6 Å². The number of carbonyl (C=O) groups is 2. The van der Waals surface area contributed by atoms with E-state index in [1.807, 2.05) is 0 Å². The van der Waals surface area contributed by atoms with Crippen LogP contribution < -0.4 is 9.64 Å². The number of para-hydroxylation sites is 2. The molecule has 0 saturated heterocycles. The molecule has 44 heavy (non-hydrogen) atoms. The van der Waals surface area contributed by atoms with Crippen LogP contribution in [0.25, 0.3) is 11.0 Å². The Balaban J connectivity index is 1.48. The van der Waals surface area contributed by atoms with Crippen molar-refractivity contribution in [2.45, 2.75) is 65.2 Å². The summed E-state index contributed by atoms with van der Waals surface area (Å²) < 4.78 is 64.9. The molecule has 2 aromatic heterocycles. The maximum Gasteiger partial charge on any atom is 0.421 e. The number of halogens is 4. The van der Waals surface area contributed by atoms with E-state index in [1.165, 1.54) is 17.4 Å². The Kier molecular flexibility index (Phi) is 8.62. The van der Waals surface area contributed by atoms with E-state index >= 15 is 4.39 Å². The highest BCUT2D eigenvalue weighted by molar-refractivity contribution is 6.03. The molecule has 0 spiro atoms. The summed E-state index contributed by atoms with van der Waals surface area (Å²) in [6.07, 6.45) is 0.728. The lowest BCUT2D eigenvalue weighted by Gasteiger charge is -2.34. The van der Waals surface area contributed by atoms with Crippen LogP contribution in [-0.2, 0) is 17.5 Å². The van der Waals surface area contributed by atoms with Gasteiger partial charge in [0.15, 0.2) is 11.6 Å². The number of alkyl halides is 3. The van der Waals surface area contributed by atoms with E-state index in [2.05, 4.69) is 16.9 Å². The summed E-state index contributed by atoms with van der Waals surface area (Å²) in [5, 5.41) is 10.0. The number of nitrogens with zero attached hydrogens (tertiary/aromatic N) is 4. The summed E-state index contributed by atoms with van der Waals surface area (Å²) in [6, 6.07) is 9.12. The molecule has 2 aromatic carbocycles. The zero-order valence-corrected chi connectivity index (χ0v) is 24.4. The Morgan fingerprint density at radius 3 is 2.45 bits per heavy atom. The Labute approximate surface area is 251 Å². The topological polar surface area (TPSA) is 97.6 Å². The lowest BCUT2D eigenvalue weighted by atomic mass is 9.82. The Hall–Kier alpha value is -4.48. The van der Waals surface area contributed by atoms with Crippen LogP contribution in [0.5, 0.6) is 11.6 Å². The van der Waals surface area contributed by atoms with Crippen molar-refractivity contribution >= 4 is 28.6 Å². The molecule has 8 nitrogen and oxygen atoms in total. The van der Waals surface area contributed by atoms with Gasteiger partial charge in [-0.1, -0.05) is 19.1 Å². The normalized spacial score (nSPS) is 17.2. The third-order valence-corrected chi connectivity index (χ3v) is 7.96. The van der Waals surface area contributed by atoms with Crippen molar-refractivity contribution in [3.63, 3.8) is 0 Å². The van der Waals surface area contributed by atoms with Gasteiger partial charge in [0, 0.05) is 30.3 Å². The van der Waals surface area contributed by atoms with Gasteiger partial charge in [-0.05, 0) is 69.2 Å². The quantitative estimate of drug-likeness (QED) is 0.205. The zero-order valence-electron chi connectivity index (χ0n) is 24.4. The second kappa shape index (κ2) is 12.3. The molecule has 1 fully saturated rings. The minimum absolute atomic E-state index is 0.0298. The monoisotopic (exact) mass is 612 g/mol. The number of hydrogen-bond donors (Lipinski definition) is 1. The molecule has 2 heterocycles. The van der Waals surface area contributed by atoms with Crippen molar-refractivity contribution in [2.75, 3.05) is 4.90 Å². The number of aromatic nitrogens is 3. The highest BCUT2D eigenvalue weighted by Gasteiger charge is 2.37. The van der Waals surface area contributed by atoms with Crippen LogP contribution in [0.4, 0.5) is 23.2 Å². The van der Waals surface area contributed by atoms with Gasteiger partial charge in [-0.25, -0.2) is 19.2 Å². The fourth-order valence-electron chi connectivity index (χ4n) is 5.65. The number of carboxylic acid groups (broad SMARTS) is 1. The number of imidazole rings is 1. The summed E-state index contributed by atoms with van der Waals surface area (Å²) in [5.74, 6) is -4.51. The molecule has 0 unspecified atom stereocenters. The number of fused-ring (bicyclic) bond motifs is 1. The SMILES string of the molecule is CC1CCC(C(=O)N(c2cc(F)c(Oc3ncc(Cn4cnc5ccccc54)cc3C(F)(F)F)cc2C(=O)O)C(C)C)CC1. The molecule has 0 radical (unpaired) electrons. The highest BCUT2D eigenvalue weighted by atomic mass is 19.4. The van der Waals surface area contributed by atoms with Gasteiger partial charge in [-0.2, -0.15) is 13.2 Å². The number of amides is 1. The zero-order chi connectivity index (χ0) is 31.8. The minimum atomic E-state index is -4.92. The van der Waals surface area contributed by atoms with Gasteiger partial charge in [0.2, 0.25) is 11.8 Å². The van der Waals surface area contributed by atoms with Crippen LogP contribution >= 0.6 is 0 Å². The molecule has 0 aliphatic heterocycles. The Morgan fingerprint density at radius 2 is 1.80 bits per heavy atom. The largest absolute Gasteiger partial charge is 0.478 e. The maximum atomic E-state index is 15.5. The van der Waals surface area contributed by atoms with Gasteiger partial charge in [0.05, 0.1) is 35.2 Å². The predicted octanol–water partition coefficient (Wildman–Crippen LogP) is 7.70. The molecule has 5 rings (SSSR count). The van der Waals surface area contributed by atoms with Gasteiger partial charge in [0.25, 0.3) is 0 Å². The molecule has 1 aliphatic carbocycles. The van der Waals surface area contributed by atoms with Crippen LogP contribution in [0.3, 0.4) is 0 Å². The third kappa shape index (κ3) is 6.39. The lowest BCUT2D eigenvalue weighted by molar-refractivity contribution is -0.139. The summed E-state index contributed by atoms with van der Waals surface area (Å²) >= 11 is 0. The second-order valence-corrected chi connectivity index (χ2v) is 11.5. The summed E-state index contributed by atoms with van der Waals surface area (Å²) in [7, 11) is 0. The van der Waals surface area contributed by atoms with Crippen LogP contribution in [0.1, 0.15) is 67.9 Å². The van der Waals surface area contributed by atoms with E-state index in [0.29, 0.717) is 24.3 Å². The van der Waals surface area contributed by atoms with Gasteiger partial charge >= 0.3 is 12.1 Å². The number of rotatable bonds is 8. The molecule has 4 aromatic rings. The maximum absolute atomic E-state index is 15.5. The first-order valence-electron chi connectivity index (χ1n) is 14.4. The number of aromatic carboxylic acids is 1. The van der Waals surface area contributed by atoms with E-state index in [1.54, 1.807) is 42.7 Å². The van der Waals surface area contributed by atoms with E-state index in [0.717, 1.165) is 36.6 Å². The molecule has 0 bridgehead atoms. The molecule has 1 saturated carbocycles. The van der Waals surface area contributed by atoms with E-state index < -0.39 is 46.8 Å². The summed E-state index contributed by atoms with van der Waals surface area (Å²) in [5.41, 5.74) is -0.339. The lowest BCUT2D eigenvalue weighted by Crippen LogP contribution is -2.43. The third-order valence-electron chi connectivity index (χ3n) is 7.96. The first kappa shape index (κ1) is 31.0. The number of ether oxygens (including phenoxy) is 1. The first-order valence-corrected chi connectivity index (χ1v) is 14.4. The number of anilines is 1. The average Bonchev–Trinajstić information content (AvgIpc) is 3.37. The molecule has 1 aliphatic rings. The minimum Gasteiger partial charge on any atom is -0.478 e. The van der Waals surface area contributed by atoms with E-state index in [9.17, 15) is 27.9 Å². The molecular formula is C32H32F4N4O4. The Bertz CT molecular complexity index is 1690. The standard InChI is InChI=1S/C32H32F4N4O4/c1-18(2)40(30(41)21-10-8-19(3)9-11-21)27-14-24(33)28(13-22(27)31(42)43)44-29-23(32(34,35)36)12-20(15-37-29)16-39-17-38-25-6-4-5-7-26(25)39/h4-7,12-15,17-19,21H,8-11,16H2,1-3H3,(H,42,43). The summed E-state index contributed by atoms with van der Waals surface area (Å²) in [4.78, 5) is 35.2. The number of carboxylic acids is 1. The van der Waals surface area contributed by atoms with Gasteiger partial charge in [-0.3, -0.25) is 4.79 Å². The number of carbonyl (C=O) groups excluding carboxylic acids is 1. The van der Waals surface area contributed by atoms with Crippen LogP contribution in [0.15, 0.2) is 55.0 Å². The van der Waals surface area contributed by atoms with Gasteiger partial charge < -0.3 is 19.3 Å². The van der Waals surface area contributed by atoms with Crippen LogP contribution in [0, 0.1) is 17.7 Å². The molecule has 1 N–H and O–H groups in total. The van der Waals surface area contributed by atoms with Crippen LogP contribution in [0.2, 0.25) is 0 Å². The number of pyridine rings is 1. The van der Waals surface area contributed by atoms with Crippen molar-refractivity contribution in [1.29, 1.82) is 0 Å². The van der Waals surface area contributed by atoms with Gasteiger partial charge in [-0.15, -0.1) is 0 Å². The average molecular weight is 613 g/mol. The van der Waals surface area contributed by atoms with Crippen LogP contribution in [-0.4, -0.2) is 37.6 Å². The smallest absolute Gasteiger partial charge is 0.421 e. The highest BCUT2D eigenvalue weighted by Crippen LogP contribution is 2.40. The fraction of sp³-hybridized carbons (Fsp3) is 0.375. The molecule has 232 valence electrons. The van der Waals surface area contributed by atoms with E-state index in [4.69, 9.17) is 4.74 Å². The number of hydrogen-bond acceptors (Lipinski definition) is 5. The predicted molar refractivity (Wildman–Crippen MR) is 155 cm³/mol. The molecule has 12 heteroatoms. The van der Waals surface area contributed by atoms with Crippen molar-refractivity contribution in [3.8, 4) is 11.6 Å². The first-order chi connectivity index (χ1) is 20.8. The molecule has 1 amide bonds. The number of benzene rings is 2.